The number of thiophene rings is 1. The van der Waals surface area contributed by atoms with E-state index in [0.717, 1.165) is 17.6 Å². The molecule has 0 aliphatic heterocycles. The molecule has 2 heterocycles. The van der Waals surface area contributed by atoms with Gasteiger partial charge in [0.15, 0.2) is 0 Å². The van der Waals surface area contributed by atoms with E-state index < -0.39 is 5.60 Å². The fourth-order valence-corrected chi connectivity index (χ4v) is 3.00. The molecule has 4 nitrogen and oxygen atoms in total. The minimum Gasteiger partial charge on any atom is -0.388 e. The van der Waals surface area contributed by atoms with Crippen molar-refractivity contribution in [2.45, 2.75) is 19.1 Å². The molecule has 1 unspecified atom stereocenters. The van der Waals surface area contributed by atoms with Gasteiger partial charge in [-0.3, -0.25) is 4.98 Å². The molecule has 0 aromatic carbocycles. The summed E-state index contributed by atoms with van der Waals surface area (Å²) in [6.45, 7) is 3.78. The van der Waals surface area contributed by atoms with E-state index in [1.807, 2.05) is 38.2 Å². The third-order valence-electron chi connectivity index (χ3n) is 2.85. The van der Waals surface area contributed by atoms with Crippen molar-refractivity contribution in [3.63, 3.8) is 0 Å². The van der Waals surface area contributed by atoms with Crippen LogP contribution in [0, 0.1) is 0 Å². The first kappa shape index (κ1) is 14.4. The number of hydrogen-bond acceptors (Lipinski definition) is 5. The highest BCUT2D eigenvalue weighted by Gasteiger charge is 2.20. The number of aromatic nitrogens is 1. The fraction of sp³-hybridized carbons (Fsp3) is 0.500. The van der Waals surface area contributed by atoms with Gasteiger partial charge in [0, 0.05) is 25.8 Å². The maximum absolute atomic E-state index is 10.2. The molecule has 2 N–H and O–H groups in total. The third-order valence-corrected chi connectivity index (χ3v) is 3.70. The van der Waals surface area contributed by atoms with Crippen LogP contribution in [0.25, 0.3) is 10.2 Å². The molecule has 104 valence electrons. The van der Waals surface area contributed by atoms with Crippen LogP contribution in [0.2, 0.25) is 0 Å². The number of likely N-dealkylation sites (N-methyl/N-ethyl adjacent to an activating group) is 1. The van der Waals surface area contributed by atoms with E-state index in [2.05, 4.69) is 21.7 Å². The highest BCUT2D eigenvalue weighted by Crippen LogP contribution is 2.19. The lowest BCUT2D eigenvalue weighted by molar-refractivity contribution is 0.0336. The van der Waals surface area contributed by atoms with E-state index in [-0.39, 0.29) is 0 Å². The van der Waals surface area contributed by atoms with Gasteiger partial charge < -0.3 is 15.3 Å². The van der Waals surface area contributed by atoms with Crippen LogP contribution in [0.3, 0.4) is 0 Å². The highest BCUT2D eigenvalue weighted by molar-refractivity contribution is 7.17. The molecule has 0 saturated heterocycles. The summed E-state index contributed by atoms with van der Waals surface area (Å²) in [5, 5.41) is 15.5. The number of nitrogens with zero attached hydrogens (tertiary/aromatic N) is 2. The molecule has 0 aliphatic rings. The number of rotatable bonds is 6. The molecule has 0 radical (unpaired) electrons. The lowest BCUT2D eigenvalue weighted by atomic mass is 10.1. The topological polar surface area (TPSA) is 48.4 Å². The molecule has 0 aliphatic carbocycles. The molecular formula is C14H21N3OS. The van der Waals surface area contributed by atoms with E-state index in [1.165, 1.54) is 4.70 Å². The van der Waals surface area contributed by atoms with Crippen molar-refractivity contribution in [3.8, 4) is 0 Å². The highest BCUT2D eigenvalue weighted by atomic mass is 32.1. The minimum absolute atomic E-state index is 0.563. The van der Waals surface area contributed by atoms with Crippen molar-refractivity contribution in [1.82, 2.24) is 15.2 Å². The van der Waals surface area contributed by atoms with Crippen LogP contribution < -0.4 is 5.32 Å². The van der Waals surface area contributed by atoms with E-state index in [1.54, 1.807) is 11.3 Å². The van der Waals surface area contributed by atoms with Crippen molar-refractivity contribution in [2.75, 3.05) is 27.2 Å². The van der Waals surface area contributed by atoms with Gasteiger partial charge in [0.05, 0.1) is 15.8 Å². The summed E-state index contributed by atoms with van der Waals surface area (Å²) in [5.41, 5.74) is 1.48. The van der Waals surface area contributed by atoms with Crippen LogP contribution in [0.15, 0.2) is 23.7 Å². The molecule has 0 spiro atoms. The molecule has 2 aromatic rings. The van der Waals surface area contributed by atoms with E-state index >= 15 is 0 Å². The van der Waals surface area contributed by atoms with Gasteiger partial charge >= 0.3 is 0 Å². The Morgan fingerprint density at radius 2 is 2.26 bits per heavy atom. The number of aliphatic hydroxyl groups is 1. The number of nitrogens with one attached hydrogen (secondary N) is 1. The average Bonchev–Trinajstić information content (AvgIpc) is 2.74. The van der Waals surface area contributed by atoms with Gasteiger partial charge in [-0.25, -0.2) is 0 Å². The second-order valence-electron chi connectivity index (χ2n) is 5.49. The molecular weight excluding hydrogens is 258 g/mol. The first-order chi connectivity index (χ1) is 8.96. The van der Waals surface area contributed by atoms with Crippen LogP contribution in [-0.2, 0) is 6.54 Å². The molecule has 0 fully saturated rings. The Bertz CT molecular complexity index is 536. The number of pyridine rings is 1. The summed E-state index contributed by atoms with van der Waals surface area (Å²) in [6.07, 6.45) is 1.89. The van der Waals surface area contributed by atoms with Gasteiger partial charge in [-0.05, 0) is 44.1 Å². The zero-order valence-corrected chi connectivity index (χ0v) is 12.5. The van der Waals surface area contributed by atoms with Crippen molar-refractivity contribution >= 4 is 21.6 Å². The summed E-state index contributed by atoms with van der Waals surface area (Å²) in [7, 11) is 3.92. The van der Waals surface area contributed by atoms with E-state index in [4.69, 9.17) is 0 Å². The summed E-state index contributed by atoms with van der Waals surface area (Å²) >= 11 is 1.70. The van der Waals surface area contributed by atoms with Crippen LogP contribution in [0.4, 0.5) is 0 Å². The van der Waals surface area contributed by atoms with Gasteiger partial charge in [0.25, 0.3) is 0 Å². The van der Waals surface area contributed by atoms with Crippen molar-refractivity contribution in [2.24, 2.45) is 0 Å². The molecule has 2 aromatic heterocycles. The fourth-order valence-electron chi connectivity index (χ4n) is 2.20. The summed E-state index contributed by atoms with van der Waals surface area (Å²) in [6, 6.07) is 4.18. The largest absolute Gasteiger partial charge is 0.388 e. The minimum atomic E-state index is -0.718. The third kappa shape index (κ3) is 4.24. The molecule has 0 amide bonds. The molecule has 2 rings (SSSR count). The quantitative estimate of drug-likeness (QED) is 0.845. The van der Waals surface area contributed by atoms with E-state index in [9.17, 15) is 5.11 Å². The zero-order valence-electron chi connectivity index (χ0n) is 11.7. The Hall–Kier alpha value is -1.01. The van der Waals surface area contributed by atoms with Crippen LogP contribution in [0.5, 0.6) is 0 Å². The average molecular weight is 279 g/mol. The Labute approximate surface area is 118 Å². The lowest BCUT2D eigenvalue weighted by Crippen LogP contribution is -2.45. The predicted octanol–water partition coefficient (Wildman–Crippen LogP) is 1.70. The summed E-state index contributed by atoms with van der Waals surface area (Å²) in [4.78, 5) is 6.39. The number of fused-ring (bicyclic) bond motifs is 1. The normalized spacial score (nSPS) is 15.0. The second kappa shape index (κ2) is 5.96. The predicted molar refractivity (Wildman–Crippen MR) is 80.5 cm³/mol. The van der Waals surface area contributed by atoms with Gasteiger partial charge in [0.1, 0.15) is 0 Å². The SMILES string of the molecule is CN(C)CC(C)(O)CNCc1cnc2ccsc2c1. The number of hydrogen-bond donors (Lipinski definition) is 2. The van der Waals surface area contributed by atoms with Crippen LogP contribution in [0.1, 0.15) is 12.5 Å². The lowest BCUT2D eigenvalue weighted by Gasteiger charge is -2.27. The molecule has 0 bridgehead atoms. The van der Waals surface area contributed by atoms with Crippen molar-refractivity contribution in [1.29, 1.82) is 0 Å². The van der Waals surface area contributed by atoms with Crippen LogP contribution in [-0.4, -0.2) is 47.8 Å². The Morgan fingerprint density at radius 1 is 1.47 bits per heavy atom. The summed E-state index contributed by atoms with van der Waals surface area (Å²) < 4.78 is 1.21. The standard InChI is InChI=1S/C14H21N3OS/c1-14(18,10-17(2)3)9-15-7-11-6-13-12(16-8-11)4-5-19-13/h4-6,8,15,18H,7,9-10H2,1-3H3. The van der Waals surface area contributed by atoms with Crippen molar-refractivity contribution in [3.05, 3.63) is 29.3 Å². The van der Waals surface area contributed by atoms with Gasteiger partial charge in [-0.15, -0.1) is 11.3 Å². The van der Waals surface area contributed by atoms with Crippen molar-refractivity contribution < 1.29 is 5.11 Å². The smallest absolute Gasteiger partial charge is 0.0869 e. The Morgan fingerprint density at radius 3 is 3.00 bits per heavy atom. The van der Waals surface area contributed by atoms with Gasteiger partial charge in [-0.2, -0.15) is 0 Å². The van der Waals surface area contributed by atoms with Gasteiger partial charge in [0.2, 0.25) is 0 Å². The molecule has 19 heavy (non-hydrogen) atoms. The first-order valence-electron chi connectivity index (χ1n) is 6.36. The van der Waals surface area contributed by atoms with E-state index in [0.29, 0.717) is 13.1 Å². The molecule has 1 atom stereocenters. The summed E-state index contributed by atoms with van der Waals surface area (Å²) in [5.74, 6) is 0. The van der Waals surface area contributed by atoms with Crippen LogP contribution >= 0.6 is 11.3 Å². The van der Waals surface area contributed by atoms with Gasteiger partial charge in [-0.1, -0.05) is 0 Å². The Balaban J connectivity index is 1.88. The Kier molecular flexibility index (Phi) is 4.52. The molecule has 5 heteroatoms. The first-order valence-corrected chi connectivity index (χ1v) is 7.24. The second-order valence-corrected chi connectivity index (χ2v) is 6.43. The monoisotopic (exact) mass is 279 g/mol. The maximum atomic E-state index is 10.2. The maximum Gasteiger partial charge on any atom is 0.0869 e. The molecule has 0 saturated carbocycles. The zero-order chi connectivity index (χ0) is 13.9.